The van der Waals surface area contributed by atoms with Crippen molar-refractivity contribution in [1.29, 1.82) is 0 Å². The van der Waals surface area contributed by atoms with Gasteiger partial charge in [-0.1, -0.05) is 12.1 Å². The zero-order valence-electron chi connectivity index (χ0n) is 10.6. The Balaban J connectivity index is 1.81. The number of carbonyl (C=O) groups excluding carboxylic acids is 2. The highest BCUT2D eigenvalue weighted by Gasteiger charge is 2.28. The van der Waals surface area contributed by atoms with Crippen LogP contribution in [0.1, 0.15) is 6.42 Å². The number of hydrogen-bond acceptors (Lipinski definition) is 4. The van der Waals surface area contributed by atoms with Crippen molar-refractivity contribution in [3.05, 3.63) is 36.9 Å². The Hall–Kier alpha value is -2.70. The molecule has 0 saturated carbocycles. The maximum Gasteiger partial charge on any atom is 0.229 e. The molecular formula is C13H13N5O2. The summed E-state index contributed by atoms with van der Waals surface area (Å²) in [6.07, 6.45) is 3.22. The predicted molar refractivity (Wildman–Crippen MR) is 71.1 cm³/mol. The highest BCUT2D eigenvalue weighted by atomic mass is 16.2. The summed E-state index contributed by atoms with van der Waals surface area (Å²) < 4.78 is 1.58. The van der Waals surface area contributed by atoms with E-state index in [9.17, 15) is 9.59 Å². The molecule has 0 bridgehead atoms. The van der Waals surface area contributed by atoms with Gasteiger partial charge in [-0.15, -0.1) is 0 Å². The van der Waals surface area contributed by atoms with E-state index in [2.05, 4.69) is 20.7 Å². The minimum atomic E-state index is -0.327. The Labute approximate surface area is 115 Å². The summed E-state index contributed by atoms with van der Waals surface area (Å²) >= 11 is 0. The standard InChI is InChI=1S/C13H13N5O2/c19-12-5-9(6-15-12)13(20)17-10-3-1-2-4-11(10)18-8-14-7-16-18/h1-4,7-9H,5-6H2,(H,15,19)(H,17,20). The van der Waals surface area contributed by atoms with Gasteiger partial charge < -0.3 is 10.6 Å². The monoisotopic (exact) mass is 271 g/mol. The number of hydrogen-bond donors (Lipinski definition) is 2. The third-order valence-corrected chi connectivity index (χ3v) is 3.18. The first-order chi connectivity index (χ1) is 9.74. The number of amides is 2. The Kier molecular flexibility index (Phi) is 3.16. The molecule has 1 atom stereocenters. The maximum absolute atomic E-state index is 12.1. The van der Waals surface area contributed by atoms with E-state index in [1.807, 2.05) is 18.2 Å². The minimum Gasteiger partial charge on any atom is -0.355 e. The van der Waals surface area contributed by atoms with Gasteiger partial charge in [-0.05, 0) is 12.1 Å². The maximum atomic E-state index is 12.1. The van der Waals surface area contributed by atoms with Crippen LogP contribution in [0.2, 0.25) is 0 Å². The van der Waals surface area contributed by atoms with Crippen molar-refractivity contribution in [2.24, 2.45) is 5.92 Å². The van der Waals surface area contributed by atoms with Gasteiger partial charge >= 0.3 is 0 Å². The number of rotatable bonds is 3. The van der Waals surface area contributed by atoms with Crippen LogP contribution in [0.25, 0.3) is 5.69 Å². The van der Waals surface area contributed by atoms with Gasteiger partial charge in [-0.3, -0.25) is 9.59 Å². The molecule has 1 fully saturated rings. The van der Waals surface area contributed by atoms with Crippen molar-refractivity contribution in [1.82, 2.24) is 20.1 Å². The molecule has 0 aliphatic carbocycles. The third kappa shape index (κ3) is 2.37. The molecule has 0 radical (unpaired) electrons. The van der Waals surface area contributed by atoms with Gasteiger partial charge in [0.05, 0.1) is 17.3 Å². The SMILES string of the molecule is O=C1CC(C(=O)Nc2ccccc2-n2cncn2)CN1. The molecule has 1 aliphatic rings. The van der Waals surface area contributed by atoms with E-state index in [1.54, 1.807) is 17.1 Å². The van der Waals surface area contributed by atoms with Crippen LogP contribution in [0.15, 0.2) is 36.9 Å². The van der Waals surface area contributed by atoms with Crippen LogP contribution < -0.4 is 10.6 Å². The molecule has 102 valence electrons. The van der Waals surface area contributed by atoms with Crippen molar-refractivity contribution in [3.63, 3.8) is 0 Å². The molecule has 1 aliphatic heterocycles. The summed E-state index contributed by atoms with van der Waals surface area (Å²) in [6.45, 7) is 0.385. The first-order valence-corrected chi connectivity index (χ1v) is 6.25. The molecule has 20 heavy (non-hydrogen) atoms. The van der Waals surface area contributed by atoms with E-state index in [0.29, 0.717) is 12.2 Å². The van der Waals surface area contributed by atoms with Crippen molar-refractivity contribution in [2.45, 2.75) is 6.42 Å². The van der Waals surface area contributed by atoms with E-state index < -0.39 is 0 Å². The van der Waals surface area contributed by atoms with Gasteiger partial charge in [0.1, 0.15) is 12.7 Å². The second-order valence-electron chi connectivity index (χ2n) is 4.55. The number of nitrogens with zero attached hydrogens (tertiary/aromatic N) is 3. The zero-order valence-corrected chi connectivity index (χ0v) is 10.6. The molecule has 2 N–H and O–H groups in total. The molecule has 1 aromatic heterocycles. The van der Waals surface area contributed by atoms with Crippen LogP contribution in [-0.2, 0) is 9.59 Å². The molecule has 7 nitrogen and oxygen atoms in total. The highest BCUT2D eigenvalue weighted by molar-refractivity contribution is 5.98. The molecular weight excluding hydrogens is 258 g/mol. The molecule has 7 heteroatoms. The van der Waals surface area contributed by atoms with Crippen molar-refractivity contribution >= 4 is 17.5 Å². The molecule has 2 aromatic rings. The molecule has 3 rings (SSSR count). The molecule has 2 amide bonds. The van der Waals surface area contributed by atoms with Crippen LogP contribution in [0.4, 0.5) is 5.69 Å². The van der Waals surface area contributed by atoms with E-state index in [1.165, 1.54) is 6.33 Å². The van der Waals surface area contributed by atoms with Crippen LogP contribution in [0, 0.1) is 5.92 Å². The van der Waals surface area contributed by atoms with Crippen LogP contribution in [-0.4, -0.2) is 33.1 Å². The fourth-order valence-electron chi connectivity index (χ4n) is 2.14. The van der Waals surface area contributed by atoms with E-state index in [4.69, 9.17) is 0 Å². The van der Waals surface area contributed by atoms with Crippen molar-refractivity contribution in [2.75, 3.05) is 11.9 Å². The summed E-state index contributed by atoms with van der Waals surface area (Å²) in [5, 5.41) is 9.54. The van der Waals surface area contributed by atoms with E-state index in [-0.39, 0.29) is 24.2 Å². The van der Waals surface area contributed by atoms with Crippen LogP contribution in [0.5, 0.6) is 0 Å². The van der Waals surface area contributed by atoms with Crippen molar-refractivity contribution < 1.29 is 9.59 Å². The molecule has 2 heterocycles. The summed E-state index contributed by atoms with van der Waals surface area (Å²) in [7, 11) is 0. The number of carbonyl (C=O) groups is 2. The first-order valence-electron chi connectivity index (χ1n) is 6.25. The van der Waals surface area contributed by atoms with Crippen LogP contribution >= 0.6 is 0 Å². The number of benzene rings is 1. The quantitative estimate of drug-likeness (QED) is 0.842. The lowest BCUT2D eigenvalue weighted by Crippen LogP contribution is -2.25. The van der Waals surface area contributed by atoms with Gasteiger partial charge in [0.25, 0.3) is 0 Å². The normalized spacial score (nSPS) is 17.8. The Morgan fingerprint density at radius 3 is 2.95 bits per heavy atom. The molecule has 1 unspecified atom stereocenters. The smallest absolute Gasteiger partial charge is 0.229 e. The largest absolute Gasteiger partial charge is 0.355 e. The average Bonchev–Trinajstić information content (AvgIpc) is 3.10. The molecule has 1 aromatic carbocycles. The Morgan fingerprint density at radius 1 is 1.40 bits per heavy atom. The fourth-order valence-corrected chi connectivity index (χ4v) is 2.14. The lowest BCUT2D eigenvalue weighted by Gasteiger charge is -2.12. The van der Waals surface area contributed by atoms with Gasteiger partial charge in [0, 0.05) is 13.0 Å². The number of para-hydroxylation sites is 2. The van der Waals surface area contributed by atoms with E-state index in [0.717, 1.165) is 5.69 Å². The summed E-state index contributed by atoms with van der Waals surface area (Å²) in [5.41, 5.74) is 1.37. The predicted octanol–water partition coefficient (Wildman–Crippen LogP) is 0.342. The Bertz CT molecular complexity index is 638. The average molecular weight is 271 g/mol. The van der Waals surface area contributed by atoms with Crippen molar-refractivity contribution in [3.8, 4) is 5.69 Å². The van der Waals surface area contributed by atoms with E-state index >= 15 is 0 Å². The number of anilines is 1. The van der Waals surface area contributed by atoms with Crippen LogP contribution in [0.3, 0.4) is 0 Å². The van der Waals surface area contributed by atoms with Gasteiger partial charge in [0.15, 0.2) is 0 Å². The fraction of sp³-hybridized carbons (Fsp3) is 0.231. The van der Waals surface area contributed by atoms with Gasteiger partial charge in [-0.2, -0.15) is 5.10 Å². The second-order valence-corrected chi connectivity index (χ2v) is 4.55. The lowest BCUT2D eigenvalue weighted by atomic mass is 10.1. The number of nitrogens with one attached hydrogen (secondary N) is 2. The van der Waals surface area contributed by atoms with Gasteiger partial charge in [-0.25, -0.2) is 9.67 Å². The molecule has 1 saturated heterocycles. The third-order valence-electron chi connectivity index (χ3n) is 3.18. The topological polar surface area (TPSA) is 88.9 Å². The summed E-state index contributed by atoms with van der Waals surface area (Å²) in [5.74, 6) is -0.586. The lowest BCUT2D eigenvalue weighted by molar-refractivity contribution is -0.123. The Morgan fingerprint density at radius 2 is 2.25 bits per heavy atom. The number of aromatic nitrogens is 3. The zero-order chi connectivity index (χ0) is 13.9. The van der Waals surface area contributed by atoms with Gasteiger partial charge in [0.2, 0.25) is 11.8 Å². The highest BCUT2D eigenvalue weighted by Crippen LogP contribution is 2.20. The minimum absolute atomic E-state index is 0.0882. The first kappa shape index (κ1) is 12.3. The summed E-state index contributed by atoms with van der Waals surface area (Å²) in [6, 6.07) is 7.31. The molecule has 0 spiro atoms. The second kappa shape index (κ2) is 5.12. The summed E-state index contributed by atoms with van der Waals surface area (Å²) in [4.78, 5) is 27.2.